The number of benzene rings is 3. The van der Waals surface area contributed by atoms with Crippen molar-refractivity contribution >= 4 is 17.3 Å². The minimum atomic E-state index is -0.122. The van der Waals surface area contributed by atoms with E-state index in [-0.39, 0.29) is 11.9 Å². The number of methoxy groups -OCH3 is 1. The number of anilines is 2. The maximum absolute atomic E-state index is 13.1. The van der Waals surface area contributed by atoms with Gasteiger partial charge in [0.1, 0.15) is 5.75 Å². The van der Waals surface area contributed by atoms with Gasteiger partial charge in [0, 0.05) is 11.3 Å². The first kappa shape index (κ1) is 20.9. The van der Waals surface area contributed by atoms with Crippen molar-refractivity contribution in [1.82, 2.24) is 0 Å². The summed E-state index contributed by atoms with van der Waals surface area (Å²) >= 11 is 0. The number of ether oxygens (including phenoxy) is 1. The molecule has 1 aliphatic rings. The van der Waals surface area contributed by atoms with Crippen molar-refractivity contribution in [2.45, 2.75) is 13.0 Å². The van der Waals surface area contributed by atoms with E-state index < -0.39 is 0 Å². The molecule has 0 aliphatic carbocycles. The molecule has 1 saturated heterocycles. The fourth-order valence-electron chi connectivity index (χ4n) is 4.25. The van der Waals surface area contributed by atoms with Crippen molar-refractivity contribution in [2.75, 3.05) is 43.5 Å². The smallest absolute Gasteiger partial charge is 0.282 e. The largest absolute Gasteiger partial charge is 0.495 e. The maximum Gasteiger partial charge on any atom is 0.282 e. The predicted octanol–water partition coefficient (Wildman–Crippen LogP) is 3.09. The Morgan fingerprint density at radius 3 is 2.32 bits per heavy atom. The summed E-state index contributed by atoms with van der Waals surface area (Å²) in [6.45, 7) is 5.64. The van der Waals surface area contributed by atoms with Crippen LogP contribution in [0, 0.1) is 0 Å². The van der Waals surface area contributed by atoms with Crippen LogP contribution in [0.3, 0.4) is 0 Å². The third-order valence-electron chi connectivity index (χ3n) is 6.11. The number of amides is 1. The van der Waals surface area contributed by atoms with Crippen LogP contribution in [-0.2, 0) is 4.79 Å². The van der Waals surface area contributed by atoms with Gasteiger partial charge in [-0.15, -0.1) is 0 Å². The molecule has 5 nitrogen and oxygen atoms in total. The van der Waals surface area contributed by atoms with Crippen LogP contribution in [0.15, 0.2) is 78.9 Å². The average Bonchev–Trinajstić information content (AvgIpc) is 2.84. The van der Waals surface area contributed by atoms with Gasteiger partial charge in [-0.1, -0.05) is 60.7 Å². The molecule has 0 aromatic heterocycles. The maximum atomic E-state index is 13.1. The summed E-state index contributed by atoms with van der Waals surface area (Å²) in [5.41, 5.74) is 4.12. The zero-order valence-electron chi connectivity index (χ0n) is 18.2. The molecule has 1 aliphatic heterocycles. The molecule has 4 rings (SSSR count). The van der Waals surface area contributed by atoms with E-state index in [0.717, 1.165) is 54.4 Å². The highest BCUT2D eigenvalue weighted by molar-refractivity contribution is 5.97. The lowest BCUT2D eigenvalue weighted by Crippen LogP contribution is -3.19. The lowest BCUT2D eigenvalue weighted by molar-refractivity contribution is -0.914. The molecule has 1 atom stereocenters. The van der Waals surface area contributed by atoms with E-state index in [1.165, 1.54) is 4.90 Å². The van der Waals surface area contributed by atoms with Crippen LogP contribution in [0.5, 0.6) is 5.75 Å². The summed E-state index contributed by atoms with van der Waals surface area (Å²) in [5, 5.41) is 3.17. The Labute approximate surface area is 184 Å². The molecule has 0 radical (unpaired) electrons. The van der Waals surface area contributed by atoms with Crippen LogP contribution in [0.4, 0.5) is 11.4 Å². The van der Waals surface area contributed by atoms with E-state index in [2.05, 4.69) is 34.5 Å². The SMILES string of the molecule is COc1ccccc1N1CC[NH+]([C@H](C)C(=O)Nc2ccccc2-c2ccccc2)CC1. The first-order valence-corrected chi connectivity index (χ1v) is 10.8. The van der Waals surface area contributed by atoms with E-state index in [1.807, 2.05) is 61.5 Å². The highest BCUT2D eigenvalue weighted by atomic mass is 16.5. The number of quaternary nitrogens is 1. The Hall–Kier alpha value is -3.31. The molecule has 1 amide bonds. The zero-order chi connectivity index (χ0) is 21.6. The Morgan fingerprint density at radius 2 is 1.58 bits per heavy atom. The fourth-order valence-corrected chi connectivity index (χ4v) is 4.25. The van der Waals surface area contributed by atoms with Gasteiger partial charge in [-0.25, -0.2) is 0 Å². The molecule has 1 heterocycles. The standard InChI is InChI=1S/C26H29N3O2/c1-20(28-16-18-29(19-17-28)24-14-8-9-15-25(24)31-2)26(30)27-23-13-7-6-12-22(23)21-10-4-3-5-11-21/h3-15,20H,16-19H2,1-2H3,(H,27,30)/p+1/t20-/m1/s1. The molecule has 0 bridgehead atoms. The highest BCUT2D eigenvalue weighted by Gasteiger charge is 2.30. The molecule has 2 N–H and O–H groups in total. The third kappa shape index (κ3) is 4.72. The van der Waals surface area contributed by atoms with E-state index in [0.29, 0.717) is 0 Å². The zero-order valence-corrected chi connectivity index (χ0v) is 18.2. The van der Waals surface area contributed by atoms with Crippen LogP contribution in [-0.4, -0.2) is 45.2 Å². The molecule has 160 valence electrons. The number of para-hydroxylation sites is 3. The molecule has 0 saturated carbocycles. The van der Waals surface area contributed by atoms with Gasteiger partial charge in [0.2, 0.25) is 0 Å². The van der Waals surface area contributed by atoms with Gasteiger partial charge < -0.3 is 19.9 Å². The number of nitrogens with one attached hydrogen (secondary N) is 2. The van der Waals surface area contributed by atoms with Crippen molar-refractivity contribution in [3.63, 3.8) is 0 Å². The number of carbonyl (C=O) groups excluding carboxylic acids is 1. The van der Waals surface area contributed by atoms with Gasteiger partial charge >= 0.3 is 0 Å². The van der Waals surface area contributed by atoms with E-state index in [1.54, 1.807) is 7.11 Å². The minimum Gasteiger partial charge on any atom is -0.495 e. The second-order valence-electron chi connectivity index (χ2n) is 7.94. The van der Waals surface area contributed by atoms with Crippen molar-refractivity contribution in [3.8, 4) is 16.9 Å². The molecule has 31 heavy (non-hydrogen) atoms. The van der Waals surface area contributed by atoms with Crippen LogP contribution >= 0.6 is 0 Å². The van der Waals surface area contributed by atoms with E-state index >= 15 is 0 Å². The molecule has 5 heteroatoms. The number of hydrogen-bond donors (Lipinski definition) is 2. The number of carbonyl (C=O) groups is 1. The Bertz CT molecular complexity index is 1010. The van der Waals surface area contributed by atoms with E-state index in [4.69, 9.17) is 4.74 Å². The molecule has 0 spiro atoms. The summed E-state index contributed by atoms with van der Waals surface area (Å²) in [4.78, 5) is 16.7. The Morgan fingerprint density at radius 1 is 0.935 bits per heavy atom. The molecular weight excluding hydrogens is 386 g/mol. The summed E-state index contributed by atoms with van der Waals surface area (Å²) < 4.78 is 5.51. The third-order valence-corrected chi connectivity index (χ3v) is 6.11. The first-order valence-electron chi connectivity index (χ1n) is 10.8. The second-order valence-corrected chi connectivity index (χ2v) is 7.94. The number of hydrogen-bond acceptors (Lipinski definition) is 3. The van der Waals surface area contributed by atoms with Crippen molar-refractivity contribution in [3.05, 3.63) is 78.9 Å². The predicted molar refractivity (Wildman–Crippen MR) is 126 cm³/mol. The number of nitrogens with zero attached hydrogens (tertiary/aromatic N) is 1. The van der Waals surface area contributed by atoms with Crippen LogP contribution < -0.4 is 19.9 Å². The van der Waals surface area contributed by atoms with Crippen LogP contribution in [0.2, 0.25) is 0 Å². The van der Waals surface area contributed by atoms with Gasteiger partial charge in [-0.05, 0) is 30.7 Å². The van der Waals surface area contributed by atoms with Gasteiger partial charge in [0.25, 0.3) is 5.91 Å². The van der Waals surface area contributed by atoms with Gasteiger partial charge in [-0.2, -0.15) is 0 Å². The summed E-state index contributed by atoms with van der Waals surface area (Å²) in [6, 6.07) is 26.2. The van der Waals surface area contributed by atoms with Crippen LogP contribution in [0.1, 0.15) is 6.92 Å². The Kier molecular flexibility index (Phi) is 6.53. The number of piperazine rings is 1. The molecular formula is C26H30N3O2+. The second kappa shape index (κ2) is 9.67. The fraction of sp³-hybridized carbons (Fsp3) is 0.269. The Balaban J connectivity index is 1.40. The highest BCUT2D eigenvalue weighted by Crippen LogP contribution is 2.28. The topological polar surface area (TPSA) is 46.0 Å². The molecule has 0 unspecified atom stereocenters. The van der Waals surface area contributed by atoms with Gasteiger partial charge in [0.05, 0.1) is 39.0 Å². The van der Waals surface area contributed by atoms with Gasteiger partial charge in [0.15, 0.2) is 6.04 Å². The summed E-state index contributed by atoms with van der Waals surface area (Å²) in [7, 11) is 1.71. The normalized spacial score (nSPS) is 15.4. The lowest BCUT2D eigenvalue weighted by atomic mass is 10.0. The van der Waals surface area contributed by atoms with Crippen molar-refractivity contribution < 1.29 is 14.4 Å². The number of rotatable bonds is 6. The molecule has 3 aromatic carbocycles. The van der Waals surface area contributed by atoms with Crippen molar-refractivity contribution in [2.24, 2.45) is 0 Å². The average molecular weight is 417 g/mol. The molecule has 3 aromatic rings. The quantitative estimate of drug-likeness (QED) is 0.649. The monoisotopic (exact) mass is 416 g/mol. The lowest BCUT2D eigenvalue weighted by Gasteiger charge is -2.36. The van der Waals surface area contributed by atoms with Gasteiger partial charge in [-0.3, -0.25) is 4.79 Å². The van der Waals surface area contributed by atoms with Crippen LogP contribution in [0.25, 0.3) is 11.1 Å². The molecule has 1 fully saturated rings. The van der Waals surface area contributed by atoms with E-state index in [9.17, 15) is 4.79 Å². The first-order chi connectivity index (χ1) is 15.2. The minimum absolute atomic E-state index is 0.0594. The summed E-state index contributed by atoms with van der Waals surface area (Å²) in [6.07, 6.45) is 0. The summed E-state index contributed by atoms with van der Waals surface area (Å²) in [5.74, 6) is 0.957. The van der Waals surface area contributed by atoms with Crippen molar-refractivity contribution in [1.29, 1.82) is 0 Å².